The zero-order valence-electron chi connectivity index (χ0n) is 48.5. The molecule has 0 bridgehead atoms. The molecule has 81 heavy (non-hydrogen) atoms. The molecule has 10 N–H and O–H groups in total. The van der Waals surface area contributed by atoms with Gasteiger partial charge in [-0.05, 0) is 64.8 Å². The largest absolute Gasteiger partial charge is 0.481 e. The quantitative estimate of drug-likeness (QED) is 0.0359. The van der Waals surface area contributed by atoms with Crippen LogP contribution in [-0.2, 0) is 71.7 Å². The Hall–Kier alpha value is -5.63. The molecule has 0 fully saturated rings. The van der Waals surface area contributed by atoms with E-state index in [1.807, 2.05) is 6.92 Å². The van der Waals surface area contributed by atoms with E-state index in [0.717, 1.165) is 51.4 Å². The maximum atomic E-state index is 12.4. The SMILES string of the molecule is CCCCC(=O)CC[C@H](NC(=O)CCCCCCCCCCCCCCCCC(=O)O)C(=O)O.CNC(CCCCNC(=O)CC[C@H](CC(=O)CC[C@H](NC(=O)COCCOCCNC(=O)COCCOC)C(=O)O)C(=O)O)C(=O)O. The van der Waals surface area contributed by atoms with Crippen molar-refractivity contribution < 1.29 is 97.2 Å². The molecule has 1 unspecified atom stereocenters. The molecule has 25 heteroatoms. The molecule has 0 aliphatic rings. The van der Waals surface area contributed by atoms with Crippen molar-refractivity contribution in [1.29, 1.82) is 0 Å². The van der Waals surface area contributed by atoms with Gasteiger partial charge in [0.05, 0.1) is 39.0 Å². The molecule has 0 aliphatic carbocycles. The van der Waals surface area contributed by atoms with Crippen molar-refractivity contribution in [3.8, 4) is 0 Å². The number of hydrogen-bond acceptors (Lipinski definition) is 16. The summed E-state index contributed by atoms with van der Waals surface area (Å²) in [5.41, 5.74) is 0. The highest BCUT2D eigenvalue weighted by molar-refractivity contribution is 5.87. The normalized spacial score (nSPS) is 12.4. The van der Waals surface area contributed by atoms with Crippen LogP contribution in [0, 0.1) is 5.92 Å². The Morgan fingerprint density at radius 1 is 0.395 bits per heavy atom. The Bertz CT molecular complexity index is 1790. The number of likely N-dealkylation sites (N-methyl/N-ethyl adjacent to an activating group) is 1. The average molecular weight is 1160 g/mol. The summed E-state index contributed by atoms with van der Waals surface area (Å²) in [5, 5.41) is 58.5. The Balaban J connectivity index is 0. The number of carboxylic acid groups (broad SMARTS) is 5. The van der Waals surface area contributed by atoms with Gasteiger partial charge in [-0.3, -0.25) is 43.2 Å². The van der Waals surface area contributed by atoms with Crippen LogP contribution in [0.3, 0.4) is 0 Å². The van der Waals surface area contributed by atoms with Gasteiger partial charge in [0.25, 0.3) is 0 Å². The summed E-state index contributed by atoms with van der Waals surface area (Å²) in [5.74, 6) is -8.68. The van der Waals surface area contributed by atoms with Gasteiger partial charge < -0.3 is 71.1 Å². The van der Waals surface area contributed by atoms with E-state index >= 15 is 0 Å². The number of ether oxygens (including phenoxy) is 4. The predicted molar refractivity (Wildman–Crippen MR) is 298 cm³/mol. The molecule has 0 saturated heterocycles. The van der Waals surface area contributed by atoms with E-state index in [9.17, 15) is 68.1 Å². The minimum absolute atomic E-state index is 0.0240. The van der Waals surface area contributed by atoms with Gasteiger partial charge in [-0.1, -0.05) is 90.4 Å². The Morgan fingerprint density at radius 2 is 0.877 bits per heavy atom. The first kappa shape index (κ1) is 77.4. The first-order valence-corrected chi connectivity index (χ1v) is 29.0. The van der Waals surface area contributed by atoms with E-state index in [4.69, 9.17) is 29.2 Å². The number of nitrogens with one attached hydrogen (secondary N) is 5. The lowest BCUT2D eigenvalue weighted by atomic mass is 9.94. The van der Waals surface area contributed by atoms with Crippen LogP contribution < -0.4 is 26.6 Å². The van der Waals surface area contributed by atoms with Crippen LogP contribution in [0.15, 0.2) is 0 Å². The molecule has 0 aromatic rings. The second-order valence-corrected chi connectivity index (χ2v) is 19.9. The van der Waals surface area contributed by atoms with Gasteiger partial charge in [0, 0.05) is 65.1 Å². The van der Waals surface area contributed by atoms with Gasteiger partial charge in [0.2, 0.25) is 23.6 Å². The zero-order chi connectivity index (χ0) is 60.9. The van der Waals surface area contributed by atoms with Gasteiger partial charge in [0.15, 0.2) is 0 Å². The lowest BCUT2D eigenvalue weighted by Gasteiger charge is -2.15. The summed E-state index contributed by atoms with van der Waals surface area (Å²) in [6.45, 7) is 2.99. The Morgan fingerprint density at radius 3 is 1.38 bits per heavy atom. The maximum Gasteiger partial charge on any atom is 0.326 e. The molecular weight excluding hydrogens is 1060 g/mol. The summed E-state index contributed by atoms with van der Waals surface area (Å²) in [6.07, 6.45) is 19.2. The van der Waals surface area contributed by atoms with Crippen LogP contribution in [-0.4, -0.2) is 182 Å². The number of Topliss-reactive ketones (excluding diaryl/α,β-unsaturated/α-hetero) is 2. The van der Waals surface area contributed by atoms with Gasteiger partial charge in [0.1, 0.15) is 42.9 Å². The van der Waals surface area contributed by atoms with Crippen LogP contribution in [0.25, 0.3) is 0 Å². The van der Waals surface area contributed by atoms with Crippen molar-refractivity contribution in [3.63, 3.8) is 0 Å². The molecule has 4 atom stereocenters. The third-order valence-corrected chi connectivity index (χ3v) is 12.8. The third-order valence-electron chi connectivity index (χ3n) is 12.8. The van der Waals surface area contributed by atoms with Crippen LogP contribution >= 0.6 is 0 Å². The number of amides is 4. The number of aliphatic carboxylic acids is 5. The minimum Gasteiger partial charge on any atom is -0.481 e. The first-order chi connectivity index (χ1) is 38.8. The summed E-state index contributed by atoms with van der Waals surface area (Å²) in [6, 6.07) is -3.05. The van der Waals surface area contributed by atoms with E-state index < -0.39 is 84.5 Å². The first-order valence-electron chi connectivity index (χ1n) is 29.0. The fourth-order valence-corrected chi connectivity index (χ4v) is 7.99. The zero-order valence-corrected chi connectivity index (χ0v) is 48.5. The molecule has 0 rings (SSSR count). The number of unbranched alkanes of at least 4 members (excludes halogenated alkanes) is 15. The maximum absolute atomic E-state index is 12.4. The highest BCUT2D eigenvalue weighted by atomic mass is 16.5. The van der Waals surface area contributed by atoms with Crippen molar-refractivity contribution in [2.75, 3.05) is 73.5 Å². The fraction of sp³-hybridized carbons (Fsp3) is 0.804. The van der Waals surface area contributed by atoms with Gasteiger partial charge in [-0.2, -0.15) is 0 Å². The van der Waals surface area contributed by atoms with Crippen LogP contribution in [0.1, 0.15) is 193 Å². The number of carbonyl (C=O) groups excluding carboxylic acids is 6. The summed E-state index contributed by atoms with van der Waals surface area (Å²) >= 11 is 0. The van der Waals surface area contributed by atoms with Gasteiger partial charge >= 0.3 is 29.8 Å². The molecule has 0 aromatic carbocycles. The molecule has 0 heterocycles. The Kier molecular flexibility index (Phi) is 51.3. The number of methoxy groups -OCH3 is 1. The fourth-order valence-electron chi connectivity index (χ4n) is 7.99. The smallest absolute Gasteiger partial charge is 0.326 e. The number of carbonyl (C=O) groups is 11. The number of ketones is 2. The minimum atomic E-state index is -1.40. The third kappa shape index (κ3) is 51.0. The molecule has 25 nitrogen and oxygen atoms in total. The molecular formula is C56H99N5O20. The van der Waals surface area contributed by atoms with E-state index in [1.165, 1.54) is 58.5 Å². The highest BCUT2D eigenvalue weighted by Crippen LogP contribution is 2.17. The molecule has 4 amide bonds. The number of carboxylic acids is 5. The van der Waals surface area contributed by atoms with Crippen molar-refractivity contribution >= 4 is 65.0 Å². The van der Waals surface area contributed by atoms with E-state index in [0.29, 0.717) is 58.3 Å². The van der Waals surface area contributed by atoms with Crippen LogP contribution in [0.5, 0.6) is 0 Å². The lowest BCUT2D eigenvalue weighted by Crippen LogP contribution is -2.43. The second-order valence-electron chi connectivity index (χ2n) is 19.9. The van der Waals surface area contributed by atoms with E-state index in [-0.39, 0.29) is 89.1 Å². The van der Waals surface area contributed by atoms with Crippen molar-refractivity contribution in [3.05, 3.63) is 0 Å². The average Bonchev–Trinajstić information content (AvgIpc) is 3.42. The number of hydrogen-bond donors (Lipinski definition) is 10. The van der Waals surface area contributed by atoms with E-state index in [2.05, 4.69) is 26.6 Å². The predicted octanol–water partition coefficient (Wildman–Crippen LogP) is 4.97. The summed E-state index contributed by atoms with van der Waals surface area (Å²) in [4.78, 5) is 128. The van der Waals surface area contributed by atoms with E-state index in [1.54, 1.807) is 7.05 Å². The van der Waals surface area contributed by atoms with Crippen molar-refractivity contribution in [2.45, 2.75) is 211 Å². The summed E-state index contributed by atoms with van der Waals surface area (Å²) < 4.78 is 20.3. The van der Waals surface area contributed by atoms with Crippen molar-refractivity contribution in [2.24, 2.45) is 5.92 Å². The Labute approximate surface area is 478 Å². The van der Waals surface area contributed by atoms with Gasteiger partial charge in [-0.25, -0.2) is 9.59 Å². The monoisotopic (exact) mass is 1160 g/mol. The molecule has 468 valence electrons. The standard InChI is InChI=1S/C29H50N4O14.C27H49NO6/c1-30-22(28(40)41)5-3-4-10-31-24(35)9-6-20(27(38)39)17-21(34)7-8-23(29(42)43)33-26(37)19-47-16-15-45-12-11-32-25(36)18-46-14-13-44-2;1-2-3-18-23(29)21-22-24(27(33)34)28-25(30)19-16-14-12-10-8-6-4-5-7-9-11-13-15-17-20-26(31)32/h20,22-23,30H,3-19H2,1-2H3,(H,31,35)(H,32,36)(H,33,37)(H,38,39)(H,40,41)(H,42,43);24H,2-22H2,1H3,(H,28,30)(H,31,32)(H,33,34)/t20-,22?,23+;24-/m10/s1. The lowest BCUT2D eigenvalue weighted by molar-refractivity contribution is -0.145. The number of rotatable bonds is 56. The topological polar surface area (TPSA) is 386 Å². The van der Waals surface area contributed by atoms with Crippen LogP contribution in [0.4, 0.5) is 0 Å². The molecule has 0 spiro atoms. The molecule has 0 saturated carbocycles. The summed E-state index contributed by atoms with van der Waals surface area (Å²) in [7, 11) is 3.06. The van der Waals surface area contributed by atoms with Crippen LogP contribution in [0.2, 0.25) is 0 Å². The molecule has 0 aromatic heterocycles. The highest BCUT2D eigenvalue weighted by Gasteiger charge is 2.26. The molecule has 0 radical (unpaired) electrons. The van der Waals surface area contributed by atoms with Gasteiger partial charge in [-0.15, -0.1) is 0 Å². The molecule has 0 aliphatic heterocycles. The second kappa shape index (κ2) is 53.7. The van der Waals surface area contributed by atoms with Crippen molar-refractivity contribution in [1.82, 2.24) is 26.6 Å².